The van der Waals surface area contributed by atoms with Gasteiger partial charge in [0.05, 0.1) is 16.8 Å². The molecule has 3 heteroatoms. The van der Waals surface area contributed by atoms with Crippen LogP contribution in [0, 0.1) is 0 Å². The maximum absolute atomic E-state index is 6.68. The molecule has 0 amide bonds. The SMILES string of the molecule is CC1(c2ccc3oc4cccc(N(c5ccc(-c6ccccc6)cc5)c5cccc6c5oc5ccccc56)c4c3c2)c2ccccc2-c2ccccc21. The van der Waals surface area contributed by atoms with Crippen LogP contribution in [0.5, 0.6) is 0 Å². The normalized spacial score (nSPS) is 13.2. The van der Waals surface area contributed by atoms with Gasteiger partial charge in [-0.25, -0.2) is 0 Å². The first kappa shape index (κ1) is 29.8. The van der Waals surface area contributed by atoms with Crippen LogP contribution in [-0.2, 0) is 5.41 Å². The first-order valence-electron chi connectivity index (χ1n) is 18.2. The quantitative estimate of drug-likeness (QED) is 0.181. The van der Waals surface area contributed by atoms with Crippen LogP contribution in [0.2, 0.25) is 0 Å². The molecule has 0 radical (unpaired) electrons. The van der Waals surface area contributed by atoms with E-state index in [0.29, 0.717) is 0 Å². The van der Waals surface area contributed by atoms with Crippen molar-refractivity contribution in [1.29, 1.82) is 0 Å². The fourth-order valence-corrected chi connectivity index (χ4v) is 8.82. The van der Waals surface area contributed by atoms with Gasteiger partial charge < -0.3 is 13.7 Å². The molecule has 3 nitrogen and oxygen atoms in total. The van der Waals surface area contributed by atoms with Crippen molar-refractivity contribution in [2.24, 2.45) is 0 Å². The van der Waals surface area contributed by atoms with Crippen molar-refractivity contribution in [3.8, 4) is 22.3 Å². The van der Waals surface area contributed by atoms with Crippen LogP contribution in [0.1, 0.15) is 23.6 Å². The van der Waals surface area contributed by atoms with E-state index in [2.05, 4.69) is 182 Å². The Morgan fingerprint density at radius 2 is 1.04 bits per heavy atom. The van der Waals surface area contributed by atoms with Crippen LogP contribution >= 0.6 is 0 Å². The van der Waals surface area contributed by atoms with E-state index in [-0.39, 0.29) is 5.41 Å². The highest BCUT2D eigenvalue weighted by molar-refractivity contribution is 6.16. The molecular weight excluding hydrogens is 647 g/mol. The van der Waals surface area contributed by atoms with Crippen LogP contribution in [0.15, 0.2) is 191 Å². The fraction of sp³-hybridized carbons (Fsp3) is 0.0400. The minimum Gasteiger partial charge on any atom is -0.456 e. The van der Waals surface area contributed by atoms with Crippen molar-refractivity contribution in [2.75, 3.05) is 4.90 Å². The summed E-state index contributed by atoms with van der Waals surface area (Å²) in [6.45, 7) is 2.37. The largest absolute Gasteiger partial charge is 0.456 e. The number of hydrogen-bond donors (Lipinski definition) is 0. The van der Waals surface area contributed by atoms with Gasteiger partial charge in [-0.1, -0.05) is 133 Å². The van der Waals surface area contributed by atoms with Gasteiger partial charge in [-0.05, 0) is 94.4 Å². The Hall–Kier alpha value is -6.84. The highest BCUT2D eigenvalue weighted by Gasteiger charge is 2.40. The van der Waals surface area contributed by atoms with Gasteiger partial charge in [-0.2, -0.15) is 0 Å². The molecule has 8 aromatic carbocycles. The molecule has 1 aliphatic carbocycles. The molecule has 0 fully saturated rings. The standard InChI is InChI=1S/C50H33NO2/c1-50(41-19-8-5-15-36(41)37-16-6-9-20-42(37)50)34-27-30-46-40(31-34)48-43(21-12-24-47(48)52-46)51(35-28-25-33(26-29-35)32-13-3-2-4-14-32)44-22-11-18-39-38-17-7-10-23-45(38)53-49(39)44/h2-31H,1H3. The van der Waals surface area contributed by atoms with Crippen LogP contribution in [0.4, 0.5) is 17.1 Å². The zero-order valence-electron chi connectivity index (χ0n) is 29.1. The number of fused-ring (bicyclic) bond motifs is 9. The van der Waals surface area contributed by atoms with Crippen LogP contribution in [0.25, 0.3) is 66.1 Å². The second-order valence-corrected chi connectivity index (χ2v) is 14.2. The summed E-state index contributed by atoms with van der Waals surface area (Å²) in [5.41, 5.74) is 14.9. The predicted octanol–water partition coefficient (Wildman–Crippen LogP) is 14.0. The molecule has 0 aliphatic heterocycles. The molecule has 0 atom stereocenters. The van der Waals surface area contributed by atoms with E-state index < -0.39 is 0 Å². The zero-order chi connectivity index (χ0) is 35.1. The maximum Gasteiger partial charge on any atom is 0.159 e. The first-order valence-corrected chi connectivity index (χ1v) is 18.2. The van der Waals surface area contributed by atoms with Gasteiger partial charge in [0.1, 0.15) is 16.7 Å². The van der Waals surface area contributed by atoms with Crippen molar-refractivity contribution in [3.05, 3.63) is 199 Å². The summed E-state index contributed by atoms with van der Waals surface area (Å²) >= 11 is 0. The van der Waals surface area contributed by atoms with Crippen molar-refractivity contribution >= 4 is 60.9 Å². The minimum atomic E-state index is -0.327. The Labute approximate surface area is 307 Å². The molecule has 1 aliphatic rings. The van der Waals surface area contributed by atoms with E-state index in [1.54, 1.807) is 0 Å². The van der Waals surface area contributed by atoms with E-state index in [9.17, 15) is 0 Å². The number of nitrogens with zero attached hydrogens (tertiary/aromatic N) is 1. The van der Waals surface area contributed by atoms with Gasteiger partial charge in [-0.3, -0.25) is 0 Å². The highest BCUT2D eigenvalue weighted by Crippen LogP contribution is 2.53. The molecule has 0 unspecified atom stereocenters. The van der Waals surface area contributed by atoms with E-state index in [4.69, 9.17) is 8.83 Å². The summed E-state index contributed by atoms with van der Waals surface area (Å²) in [6.07, 6.45) is 0. The number of anilines is 3. The summed E-state index contributed by atoms with van der Waals surface area (Å²) < 4.78 is 13.3. The molecule has 0 saturated carbocycles. The third-order valence-electron chi connectivity index (χ3n) is 11.4. The molecule has 10 aromatic rings. The molecule has 0 N–H and O–H groups in total. The number of para-hydroxylation sites is 2. The lowest BCUT2D eigenvalue weighted by Gasteiger charge is -2.28. The van der Waals surface area contributed by atoms with Gasteiger partial charge in [0, 0.05) is 27.3 Å². The Balaban J connectivity index is 1.17. The lowest BCUT2D eigenvalue weighted by atomic mass is 9.74. The predicted molar refractivity (Wildman–Crippen MR) is 219 cm³/mol. The molecule has 0 spiro atoms. The summed E-state index contributed by atoms with van der Waals surface area (Å²) in [6, 6.07) is 64.9. The Bertz CT molecular complexity index is 2980. The smallest absolute Gasteiger partial charge is 0.159 e. The van der Waals surface area contributed by atoms with Gasteiger partial charge in [-0.15, -0.1) is 0 Å². The molecule has 2 heterocycles. The first-order chi connectivity index (χ1) is 26.2. The maximum atomic E-state index is 6.68. The average molecular weight is 680 g/mol. The third kappa shape index (κ3) is 4.34. The van der Waals surface area contributed by atoms with Crippen molar-refractivity contribution < 1.29 is 8.83 Å². The lowest BCUT2D eigenvalue weighted by molar-refractivity contribution is 0.666. The van der Waals surface area contributed by atoms with E-state index in [0.717, 1.165) is 60.9 Å². The fourth-order valence-electron chi connectivity index (χ4n) is 8.82. The van der Waals surface area contributed by atoms with E-state index >= 15 is 0 Å². The Kier molecular flexibility index (Phi) is 6.38. The minimum absolute atomic E-state index is 0.327. The molecule has 250 valence electrons. The van der Waals surface area contributed by atoms with Gasteiger partial charge >= 0.3 is 0 Å². The summed E-state index contributed by atoms with van der Waals surface area (Å²) in [4.78, 5) is 2.34. The van der Waals surface area contributed by atoms with Crippen molar-refractivity contribution in [3.63, 3.8) is 0 Å². The Morgan fingerprint density at radius 3 is 1.83 bits per heavy atom. The van der Waals surface area contributed by atoms with Crippen LogP contribution in [0.3, 0.4) is 0 Å². The number of rotatable bonds is 5. The van der Waals surface area contributed by atoms with Crippen LogP contribution in [-0.4, -0.2) is 0 Å². The highest BCUT2D eigenvalue weighted by atomic mass is 16.3. The Morgan fingerprint density at radius 1 is 0.434 bits per heavy atom. The van der Waals surface area contributed by atoms with Gasteiger partial charge in [0.15, 0.2) is 5.58 Å². The third-order valence-corrected chi connectivity index (χ3v) is 11.4. The molecule has 2 aromatic heterocycles. The van der Waals surface area contributed by atoms with Gasteiger partial charge in [0.2, 0.25) is 0 Å². The van der Waals surface area contributed by atoms with E-state index in [1.807, 2.05) is 12.1 Å². The molecule has 11 rings (SSSR count). The molecule has 0 bridgehead atoms. The van der Waals surface area contributed by atoms with Crippen molar-refractivity contribution in [2.45, 2.75) is 12.3 Å². The molecular formula is C50H33NO2. The topological polar surface area (TPSA) is 29.5 Å². The van der Waals surface area contributed by atoms with Crippen LogP contribution < -0.4 is 4.90 Å². The lowest BCUT2D eigenvalue weighted by Crippen LogP contribution is -2.22. The summed E-state index contributed by atoms with van der Waals surface area (Å²) in [5, 5.41) is 4.33. The van der Waals surface area contributed by atoms with Gasteiger partial charge in [0.25, 0.3) is 0 Å². The second kappa shape index (κ2) is 11.3. The summed E-state index contributed by atoms with van der Waals surface area (Å²) in [5.74, 6) is 0. The molecule has 53 heavy (non-hydrogen) atoms. The monoisotopic (exact) mass is 679 g/mol. The second-order valence-electron chi connectivity index (χ2n) is 14.2. The zero-order valence-corrected chi connectivity index (χ0v) is 29.1. The number of benzene rings is 8. The van der Waals surface area contributed by atoms with Crippen molar-refractivity contribution in [1.82, 2.24) is 0 Å². The van der Waals surface area contributed by atoms with E-state index in [1.165, 1.54) is 38.9 Å². The number of hydrogen-bond acceptors (Lipinski definition) is 3. The number of furan rings is 2. The molecule has 0 saturated heterocycles. The average Bonchev–Trinajstić information content (AvgIpc) is 3.88. The summed E-state index contributed by atoms with van der Waals surface area (Å²) in [7, 11) is 0.